The van der Waals surface area contributed by atoms with Crippen LogP contribution in [-0.4, -0.2) is 30.6 Å². The molecule has 0 fully saturated rings. The summed E-state index contributed by atoms with van der Waals surface area (Å²) >= 11 is 1.12. The van der Waals surface area contributed by atoms with E-state index < -0.39 is 11.9 Å². The number of hydrogen-bond donors (Lipinski definition) is 2. The zero-order valence-corrected chi connectivity index (χ0v) is 8.37. The summed E-state index contributed by atoms with van der Waals surface area (Å²) < 4.78 is 0. The third-order valence-electron chi connectivity index (χ3n) is 1.63. The highest BCUT2D eigenvalue weighted by atomic mass is 32.1. The lowest BCUT2D eigenvalue weighted by molar-refractivity contribution is -0.116. The molecule has 0 aliphatic rings. The Kier molecular flexibility index (Phi) is 3.08. The van der Waals surface area contributed by atoms with Crippen molar-refractivity contribution in [1.29, 1.82) is 0 Å². The van der Waals surface area contributed by atoms with Crippen molar-refractivity contribution in [3.05, 3.63) is 16.3 Å². The van der Waals surface area contributed by atoms with Gasteiger partial charge in [-0.1, -0.05) is 0 Å². The first kappa shape index (κ1) is 10.5. The first-order valence-corrected chi connectivity index (χ1v) is 4.70. The van der Waals surface area contributed by atoms with Crippen LogP contribution < -0.4 is 10.6 Å². The molecule has 1 rings (SSSR count). The van der Waals surface area contributed by atoms with Gasteiger partial charge in [0.15, 0.2) is 0 Å². The summed E-state index contributed by atoms with van der Waals surface area (Å²) in [5.41, 5.74) is 5.69. The van der Waals surface area contributed by atoms with Gasteiger partial charge in [0.25, 0.3) is 0 Å². The highest BCUT2D eigenvalue weighted by molar-refractivity contribution is 7.12. The van der Waals surface area contributed by atoms with E-state index in [0.717, 1.165) is 11.3 Å². The van der Waals surface area contributed by atoms with Crippen LogP contribution in [0.15, 0.2) is 11.4 Å². The van der Waals surface area contributed by atoms with Gasteiger partial charge in [0.05, 0.1) is 6.54 Å². The van der Waals surface area contributed by atoms with E-state index in [1.807, 2.05) is 0 Å². The fourth-order valence-corrected chi connectivity index (χ4v) is 1.75. The Bertz CT molecular complexity index is 361. The van der Waals surface area contributed by atoms with E-state index in [0.29, 0.717) is 5.69 Å². The molecule has 5 nitrogen and oxygen atoms in total. The Morgan fingerprint density at radius 3 is 2.71 bits per heavy atom. The fraction of sp³-hybridized carbons (Fsp3) is 0.250. The first-order valence-electron chi connectivity index (χ1n) is 3.82. The second-order valence-corrected chi connectivity index (χ2v) is 3.71. The average molecular weight is 214 g/mol. The summed E-state index contributed by atoms with van der Waals surface area (Å²) in [7, 11) is 1.68. The molecule has 0 bridgehead atoms. The SMILES string of the molecule is CN(CC(N)=O)c1csc(C(=O)O)c1. The van der Waals surface area contributed by atoms with Crippen LogP contribution in [0.1, 0.15) is 9.67 Å². The number of hydrogen-bond acceptors (Lipinski definition) is 4. The molecular formula is C8H10N2O3S. The standard InChI is InChI=1S/C8H10N2O3S/c1-10(3-7(9)11)5-2-6(8(12)13)14-4-5/h2,4H,3H2,1H3,(H2,9,11)(H,12,13). The first-order chi connectivity index (χ1) is 6.50. The van der Waals surface area contributed by atoms with Gasteiger partial charge in [-0.05, 0) is 6.07 Å². The summed E-state index contributed by atoms with van der Waals surface area (Å²) in [5.74, 6) is -1.41. The molecule has 14 heavy (non-hydrogen) atoms. The lowest BCUT2D eigenvalue weighted by Gasteiger charge is -2.14. The van der Waals surface area contributed by atoms with Gasteiger partial charge in [-0.2, -0.15) is 0 Å². The topological polar surface area (TPSA) is 83.6 Å². The summed E-state index contributed by atoms with van der Waals surface area (Å²) in [6, 6.07) is 1.51. The molecule has 0 atom stereocenters. The minimum Gasteiger partial charge on any atom is -0.477 e. The molecule has 1 aromatic heterocycles. The van der Waals surface area contributed by atoms with Gasteiger partial charge in [-0.3, -0.25) is 4.79 Å². The molecule has 0 radical (unpaired) electrons. The van der Waals surface area contributed by atoms with E-state index in [1.165, 1.54) is 6.07 Å². The third kappa shape index (κ3) is 2.46. The highest BCUT2D eigenvalue weighted by Crippen LogP contribution is 2.21. The van der Waals surface area contributed by atoms with E-state index in [1.54, 1.807) is 17.3 Å². The zero-order valence-electron chi connectivity index (χ0n) is 7.56. The number of thiophene rings is 1. The number of amides is 1. The maximum atomic E-state index is 10.6. The molecular weight excluding hydrogens is 204 g/mol. The average Bonchev–Trinajstić information content (AvgIpc) is 2.50. The number of carbonyl (C=O) groups is 2. The van der Waals surface area contributed by atoms with Crippen molar-refractivity contribution in [2.45, 2.75) is 0 Å². The molecule has 0 saturated carbocycles. The largest absolute Gasteiger partial charge is 0.477 e. The molecule has 3 N–H and O–H groups in total. The predicted molar refractivity (Wildman–Crippen MR) is 53.7 cm³/mol. The van der Waals surface area contributed by atoms with Gasteiger partial charge in [-0.15, -0.1) is 11.3 Å². The van der Waals surface area contributed by atoms with Gasteiger partial charge in [0.1, 0.15) is 4.88 Å². The smallest absolute Gasteiger partial charge is 0.345 e. The number of anilines is 1. The maximum Gasteiger partial charge on any atom is 0.345 e. The number of likely N-dealkylation sites (N-methyl/N-ethyl adjacent to an activating group) is 1. The lowest BCUT2D eigenvalue weighted by atomic mass is 10.4. The summed E-state index contributed by atoms with van der Waals surface area (Å²) in [6.07, 6.45) is 0. The number of carboxylic acids is 1. The van der Waals surface area contributed by atoms with Crippen molar-refractivity contribution in [3.63, 3.8) is 0 Å². The fourth-order valence-electron chi connectivity index (χ4n) is 0.964. The molecule has 0 aromatic carbocycles. The van der Waals surface area contributed by atoms with Gasteiger partial charge in [-0.25, -0.2) is 4.79 Å². The number of nitrogens with two attached hydrogens (primary N) is 1. The van der Waals surface area contributed by atoms with Crippen molar-refractivity contribution in [2.24, 2.45) is 5.73 Å². The van der Waals surface area contributed by atoms with E-state index >= 15 is 0 Å². The minimum atomic E-state index is -0.964. The monoisotopic (exact) mass is 214 g/mol. The third-order valence-corrected chi connectivity index (χ3v) is 2.54. The van der Waals surface area contributed by atoms with E-state index in [-0.39, 0.29) is 11.4 Å². The molecule has 0 spiro atoms. The number of aromatic carboxylic acids is 1. The van der Waals surface area contributed by atoms with Crippen LogP contribution in [0, 0.1) is 0 Å². The van der Waals surface area contributed by atoms with Crippen LogP contribution in [0.3, 0.4) is 0 Å². The van der Waals surface area contributed by atoms with E-state index in [9.17, 15) is 9.59 Å². The molecule has 0 unspecified atom stereocenters. The van der Waals surface area contributed by atoms with E-state index in [4.69, 9.17) is 10.8 Å². The van der Waals surface area contributed by atoms with E-state index in [2.05, 4.69) is 0 Å². The number of carbonyl (C=O) groups excluding carboxylic acids is 1. The molecule has 76 valence electrons. The van der Waals surface area contributed by atoms with Crippen molar-refractivity contribution < 1.29 is 14.7 Å². The zero-order chi connectivity index (χ0) is 10.7. The van der Waals surface area contributed by atoms with Crippen LogP contribution in [0.4, 0.5) is 5.69 Å². The van der Waals surface area contributed by atoms with Crippen molar-refractivity contribution in [3.8, 4) is 0 Å². The van der Waals surface area contributed by atoms with Crippen molar-refractivity contribution >= 4 is 28.9 Å². The van der Waals surface area contributed by atoms with Crippen LogP contribution >= 0.6 is 11.3 Å². The Morgan fingerprint density at radius 2 is 2.29 bits per heavy atom. The van der Waals surface area contributed by atoms with Gasteiger partial charge >= 0.3 is 5.97 Å². The van der Waals surface area contributed by atoms with Gasteiger partial charge < -0.3 is 15.7 Å². The Hall–Kier alpha value is -1.56. The Morgan fingerprint density at radius 1 is 1.64 bits per heavy atom. The highest BCUT2D eigenvalue weighted by Gasteiger charge is 2.10. The molecule has 0 saturated heterocycles. The Labute approximate surface area is 84.7 Å². The van der Waals surface area contributed by atoms with Crippen molar-refractivity contribution in [1.82, 2.24) is 0 Å². The number of rotatable bonds is 4. The Balaban J connectivity index is 2.76. The number of nitrogens with zero attached hydrogens (tertiary/aromatic N) is 1. The predicted octanol–water partition coefficient (Wildman–Crippen LogP) is 0.368. The molecule has 0 aliphatic carbocycles. The minimum absolute atomic E-state index is 0.0792. The molecule has 0 aliphatic heterocycles. The van der Waals surface area contributed by atoms with Crippen LogP contribution in [-0.2, 0) is 4.79 Å². The summed E-state index contributed by atoms with van der Waals surface area (Å²) in [4.78, 5) is 23.0. The van der Waals surface area contributed by atoms with Crippen LogP contribution in [0.2, 0.25) is 0 Å². The molecule has 1 aromatic rings. The number of primary amides is 1. The maximum absolute atomic E-state index is 10.6. The van der Waals surface area contributed by atoms with Crippen LogP contribution in [0.25, 0.3) is 0 Å². The summed E-state index contributed by atoms with van der Waals surface area (Å²) in [5, 5.41) is 10.3. The second kappa shape index (κ2) is 4.10. The van der Waals surface area contributed by atoms with Crippen molar-refractivity contribution in [2.75, 3.05) is 18.5 Å². The lowest BCUT2D eigenvalue weighted by Crippen LogP contribution is -2.30. The molecule has 1 amide bonds. The molecule has 1 heterocycles. The quantitative estimate of drug-likeness (QED) is 0.758. The van der Waals surface area contributed by atoms with Gasteiger partial charge in [0.2, 0.25) is 5.91 Å². The summed E-state index contributed by atoms with van der Waals surface area (Å²) in [6.45, 7) is 0.0792. The van der Waals surface area contributed by atoms with Gasteiger partial charge in [0, 0.05) is 18.1 Å². The normalized spacial score (nSPS) is 9.79. The second-order valence-electron chi connectivity index (χ2n) is 2.80. The number of carboxylic acid groups (broad SMARTS) is 1. The molecule has 6 heteroatoms. The van der Waals surface area contributed by atoms with Crippen LogP contribution in [0.5, 0.6) is 0 Å².